The number of nitrogens with one attached hydrogen (secondary N) is 2. The lowest BCUT2D eigenvalue weighted by molar-refractivity contribution is -0.114. The molecular weight excluding hydrogens is 360 g/mol. The third kappa shape index (κ3) is 7.07. The van der Waals surface area contributed by atoms with Gasteiger partial charge >= 0.3 is 0 Å². The molecule has 0 aliphatic carbocycles. The van der Waals surface area contributed by atoms with E-state index in [0.29, 0.717) is 40.3 Å². The molecule has 5 nitrogen and oxygen atoms in total. The SMILES string of the molecule is CC(=O)Nc1ccc(NC(=O)CSCCOc2ccccc2Cl)cc1. The van der Waals surface area contributed by atoms with Crippen molar-refractivity contribution in [3.63, 3.8) is 0 Å². The number of benzene rings is 2. The fraction of sp³-hybridized carbons (Fsp3) is 0.222. The second-order valence-corrected chi connectivity index (χ2v) is 6.65. The lowest BCUT2D eigenvalue weighted by Gasteiger charge is -2.08. The molecule has 2 aromatic rings. The molecule has 0 aromatic heterocycles. The fourth-order valence-electron chi connectivity index (χ4n) is 1.97. The van der Waals surface area contributed by atoms with E-state index in [0.717, 1.165) is 0 Å². The van der Waals surface area contributed by atoms with Crippen molar-refractivity contribution >= 4 is 46.6 Å². The standard InChI is InChI=1S/C18H19ClN2O3S/c1-13(22)20-14-6-8-15(9-7-14)21-18(23)12-25-11-10-24-17-5-3-2-4-16(17)19/h2-9H,10-12H2,1H3,(H,20,22)(H,21,23). The molecule has 0 atom stereocenters. The van der Waals surface area contributed by atoms with Crippen molar-refractivity contribution in [2.45, 2.75) is 6.92 Å². The molecule has 132 valence electrons. The molecule has 2 rings (SSSR count). The molecule has 2 N–H and O–H groups in total. The van der Waals surface area contributed by atoms with Gasteiger partial charge in [-0.05, 0) is 36.4 Å². The summed E-state index contributed by atoms with van der Waals surface area (Å²) in [4.78, 5) is 22.9. The van der Waals surface area contributed by atoms with Gasteiger partial charge in [0.05, 0.1) is 17.4 Å². The molecule has 25 heavy (non-hydrogen) atoms. The zero-order valence-electron chi connectivity index (χ0n) is 13.8. The number of thioether (sulfide) groups is 1. The van der Waals surface area contributed by atoms with Crippen LogP contribution in [0.2, 0.25) is 5.02 Å². The van der Waals surface area contributed by atoms with E-state index in [9.17, 15) is 9.59 Å². The number of hydrogen-bond acceptors (Lipinski definition) is 4. The molecule has 0 unspecified atom stereocenters. The van der Waals surface area contributed by atoms with E-state index < -0.39 is 0 Å². The highest BCUT2D eigenvalue weighted by atomic mass is 35.5. The van der Waals surface area contributed by atoms with Gasteiger partial charge in [-0.25, -0.2) is 0 Å². The van der Waals surface area contributed by atoms with Crippen molar-refractivity contribution in [2.75, 3.05) is 28.7 Å². The van der Waals surface area contributed by atoms with E-state index in [2.05, 4.69) is 10.6 Å². The van der Waals surface area contributed by atoms with Gasteiger partial charge < -0.3 is 15.4 Å². The van der Waals surface area contributed by atoms with Crippen LogP contribution in [0, 0.1) is 0 Å². The number of anilines is 2. The second kappa shape index (κ2) is 9.96. The van der Waals surface area contributed by atoms with Gasteiger partial charge in [-0.2, -0.15) is 0 Å². The first kappa shape index (κ1) is 19.1. The minimum Gasteiger partial charge on any atom is -0.491 e. The monoisotopic (exact) mass is 378 g/mol. The van der Waals surface area contributed by atoms with E-state index in [-0.39, 0.29) is 11.8 Å². The normalized spacial score (nSPS) is 10.2. The Morgan fingerprint density at radius 3 is 2.32 bits per heavy atom. The van der Waals surface area contributed by atoms with Crippen LogP contribution < -0.4 is 15.4 Å². The van der Waals surface area contributed by atoms with E-state index in [1.807, 2.05) is 18.2 Å². The van der Waals surface area contributed by atoms with Crippen molar-refractivity contribution in [3.05, 3.63) is 53.6 Å². The largest absolute Gasteiger partial charge is 0.491 e. The first-order valence-electron chi connectivity index (χ1n) is 7.67. The Bertz CT molecular complexity index is 723. The molecular formula is C18H19ClN2O3S. The predicted molar refractivity (Wildman–Crippen MR) is 104 cm³/mol. The van der Waals surface area contributed by atoms with Gasteiger partial charge in [0.2, 0.25) is 11.8 Å². The lowest BCUT2D eigenvalue weighted by Crippen LogP contribution is -2.15. The fourth-order valence-corrected chi connectivity index (χ4v) is 2.77. The minimum atomic E-state index is -0.132. The summed E-state index contributed by atoms with van der Waals surface area (Å²) in [5, 5.41) is 6.05. The maximum absolute atomic E-state index is 11.9. The average Bonchev–Trinajstić information content (AvgIpc) is 2.57. The molecule has 0 radical (unpaired) electrons. The maximum atomic E-state index is 11.9. The van der Waals surface area contributed by atoms with E-state index in [4.69, 9.17) is 16.3 Å². The van der Waals surface area contributed by atoms with Crippen molar-refractivity contribution < 1.29 is 14.3 Å². The number of para-hydroxylation sites is 1. The van der Waals surface area contributed by atoms with Gasteiger partial charge in [-0.1, -0.05) is 23.7 Å². The summed E-state index contributed by atoms with van der Waals surface area (Å²) < 4.78 is 5.56. The third-order valence-electron chi connectivity index (χ3n) is 3.04. The number of carbonyl (C=O) groups excluding carboxylic acids is 2. The molecule has 0 saturated carbocycles. The van der Waals surface area contributed by atoms with Crippen LogP contribution in [-0.4, -0.2) is 29.9 Å². The molecule has 0 saturated heterocycles. The van der Waals surface area contributed by atoms with E-state index in [1.54, 1.807) is 30.3 Å². The Kier molecular flexibility index (Phi) is 7.63. The summed E-state index contributed by atoms with van der Waals surface area (Å²) in [5.74, 6) is 1.44. The van der Waals surface area contributed by atoms with Crippen LogP contribution in [0.5, 0.6) is 5.75 Å². The third-order valence-corrected chi connectivity index (χ3v) is 4.28. The molecule has 2 aromatic carbocycles. The summed E-state index contributed by atoms with van der Waals surface area (Å²) in [6.07, 6.45) is 0. The van der Waals surface area contributed by atoms with Crippen LogP contribution in [0.25, 0.3) is 0 Å². The van der Waals surface area contributed by atoms with Crippen LogP contribution >= 0.6 is 23.4 Å². The smallest absolute Gasteiger partial charge is 0.234 e. The van der Waals surface area contributed by atoms with Crippen LogP contribution in [-0.2, 0) is 9.59 Å². The number of hydrogen-bond donors (Lipinski definition) is 2. The zero-order valence-corrected chi connectivity index (χ0v) is 15.3. The van der Waals surface area contributed by atoms with Gasteiger partial charge in [0.25, 0.3) is 0 Å². The highest BCUT2D eigenvalue weighted by Crippen LogP contribution is 2.23. The maximum Gasteiger partial charge on any atom is 0.234 e. The molecule has 0 bridgehead atoms. The lowest BCUT2D eigenvalue weighted by atomic mass is 10.3. The van der Waals surface area contributed by atoms with Crippen LogP contribution in [0.1, 0.15) is 6.92 Å². The second-order valence-electron chi connectivity index (χ2n) is 5.14. The summed E-state index contributed by atoms with van der Waals surface area (Å²) in [5.41, 5.74) is 1.38. The van der Waals surface area contributed by atoms with Crippen LogP contribution in [0.15, 0.2) is 48.5 Å². The number of carbonyl (C=O) groups is 2. The molecule has 0 spiro atoms. The first-order valence-corrected chi connectivity index (χ1v) is 9.20. The van der Waals surface area contributed by atoms with Gasteiger partial charge in [-0.3, -0.25) is 9.59 Å². The van der Waals surface area contributed by atoms with Crippen molar-refractivity contribution in [1.29, 1.82) is 0 Å². The van der Waals surface area contributed by atoms with Gasteiger partial charge in [0.1, 0.15) is 5.75 Å². The summed E-state index contributed by atoms with van der Waals surface area (Å²) in [6, 6.07) is 14.3. The summed E-state index contributed by atoms with van der Waals surface area (Å²) in [6.45, 7) is 1.93. The molecule has 7 heteroatoms. The number of halogens is 1. The highest BCUT2D eigenvalue weighted by molar-refractivity contribution is 7.99. The van der Waals surface area contributed by atoms with E-state index in [1.165, 1.54) is 18.7 Å². The topological polar surface area (TPSA) is 67.4 Å². The van der Waals surface area contributed by atoms with Crippen LogP contribution in [0.3, 0.4) is 0 Å². The van der Waals surface area contributed by atoms with Crippen molar-refractivity contribution in [3.8, 4) is 5.75 Å². The number of amides is 2. The van der Waals surface area contributed by atoms with Crippen molar-refractivity contribution in [1.82, 2.24) is 0 Å². The number of ether oxygens (including phenoxy) is 1. The Morgan fingerprint density at radius 1 is 1.04 bits per heavy atom. The Balaban J connectivity index is 1.65. The Hall–Kier alpha value is -2.18. The summed E-state index contributed by atoms with van der Waals surface area (Å²) in [7, 11) is 0. The Labute approximate surface area is 156 Å². The van der Waals surface area contributed by atoms with Gasteiger partial charge in [0.15, 0.2) is 0 Å². The van der Waals surface area contributed by atoms with Crippen molar-refractivity contribution in [2.24, 2.45) is 0 Å². The summed E-state index contributed by atoms with van der Waals surface area (Å²) >= 11 is 7.48. The van der Waals surface area contributed by atoms with Crippen LogP contribution in [0.4, 0.5) is 11.4 Å². The molecule has 0 aliphatic rings. The predicted octanol–water partition coefficient (Wildman–Crippen LogP) is 4.05. The molecule has 0 heterocycles. The first-order chi connectivity index (χ1) is 12.0. The average molecular weight is 379 g/mol. The zero-order chi connectivity index (χ0) is 18.1. The van der Waals surface area contributed by atoms with Gasteiger partial charge in [-0.15, -0.1) is 11.8 Å². The minimum absolute atomic E-state index is 0.0879. The molecule has 0 fully saturated rings. The van der Waals surface area contributed by atoms with Gasteiger partial charge in [0, 0.05) is 24.1 Å². The molecule has 2 amide bonds. The Morgan fingerprint density at radius 2 is 1.68 bits per heavy atom. The quantitative estimate of drug-likeness (QED) is 0.680. The number of rotatable bonds is 8. The highest BCUT2D eigenvalue weighted by Gasteiger charge is 2.04. The molecule has 0 aliphatic heterocycles. The van der Waals surface area contributed by atoms with E-state index >= 15 is 0 Å².